The quantitative estimate of drug-likeness (QED) is 0.187. The van der Waals surface area contributed by atoms with Crippen molar-refractivity contribution in [3.8, 4) is 22.3 Å². The SMILES string of the molecule is C1=C(c2ccc3c(c2)Cc2ccccc2-3)[Te]C(c2ccc3c(c2)Cc2ccccc2-3)=CB1c1ccccc1. The van der Waals surface area contributed by atoms with E-state index >= 15 is 0 Å². The Balaban J connectivity index is 1.19. The fourth-order valence-electron chi connectivity index (χ4n) is 6.34. The summed E-state index contributed by atoms with van der Waals surface area (Å²) in [6.45, 7) is 0.302. The zero-order valence-electron chi connectivity index (χ0n) is 21.0. The van der Waals surface area contributed by atoms with Gasteiger partial charge in [0, 0.05) is 0 Å². The summed E-state index contributed by atoms with van der Waals surface area (Å²) >= 11 is -0.535. The molecular formula is C36H25BTe. The molecule has 0 spiro atoms. The van der Waals surface area contributed by atoms with Crippen LogP contribution in [0.2, 0.25) is 0 Å². The predicted octanol–water partition coefficient (Wildman–Crippen LogP) is 7.41. The molecule has 0 unspecified atom stereocenters. The molecule has 38 heavy (non-hydrogen) atoms. The molecule has 0 fully saturated rings. The van der Waals surface area contributed by atoms with Gasteiger partial charge in [-0.1, -0.05) is 0 Å². The molecule has 0 saturated carbocycles. The van der Waals surface area contributed by atoms with Crippen molar-refractivity contribution in [2.75, 3.05) is 0 Å². The van der Waals surface area contributed by atoms with Crippen LogP contribution in [0.3, 0.4) is 0 Å². The normalized spacial score (nSPS) is 14.8. The first kappa shape index (κ1) is 22.4. The molecule has 0 bridgehead atoms. The molecule has 0 aromatic heterocycles. The van der Waals surface area contributed by atoms with E-state index in [1.807, 2.05) is 0 Å². The van der Waals surface area contributed by atoms with Gasteiger partial charge in [-0.05, 0) is 0 Å². The molecule has 0 saturated heterocycles. The molecular weight excluding hydrogens is 571 g/mol. The molecule has 0 radical (unpaired) electrons. The Morgan fingerprint density at radius 2 is 0.921 bits per heavy atom. The molecule has 0 N–H and O–H groups in total. The average molecular weight is 596 g/mol. The molecule has 5 aromatic rings. The van der Waals surface area contributed by atoms with Crippen molar-refractivity contribution in [1.29, 1.82) is 0 Å². The van der Waals surface area contributed by atoms with Gasteiger partial charge in [0.1, 0.15) is 0 Å². The Morgan fingerprint density at radius 3 is 1.47 bits per heavy atom. The van der Waals surface area contributed by atoms with Crippen molar-refractivity contribution >= 4 is 40.3 Å². The average Bonchev–Trinajstić information content (AvgIpc) is 3.54. The van der Waals surface area contributed by atoms with Crippen LogP contribution in [0.25, 0.3) is 29.5 Å². The molecule has 2 aliphatic carbocycles. The van der Waals surface area contributed by atoms with Gasteiger partial charge in [0.25, 0.3) is 0 Å². The van der Waals surface area contributed by atoms with E-state index in [2.05, 4.69) is 127 Å². The third-order valence-corrected chi connectivity index (χ3v) is 11.6. The summed E-state index contributed by atoms with van der Waals surface area (Å²) in [4.78, 5) is 0. The zero-order valence-corrected chi connectivity index (χ0v) is 23.4. The third-order valence-electron chi connectivity index (χ3n) is 8.22. The van der Waals surface area contributed by atoms with Crippen molar-refractivity contribution in [2.45, 2.75) is 12.8 Å². The molecule has 0 atom stereocenters. The van der Waals surface area contributed by atoms with Crippen molar-refractivity contribution in [1.82, 2.24) is 0 Å². The van der Waals surface area contributed by atoms with E-state index in [0.29, 0.717) is 6.71 Å². The van der Waals surface area contributed by atoms with E-state index in [1.54, 1.807) is 7.24 Å². The zero-order chi connectivity index (χ0) is 25.1. The first-order valence-corrected chi connectivity index (χ1v) is 15.7. The Labute approximate surface area is 234 Å². The minimum atomic E-state index is -0.535. The van der Waals surface area contributed by atoms with E-state index in [4.69, 9.17) is 0 Å². The van der Waals surface area contributed by atoms with Gasteiger partial charge in [-0.3, -0.25) is 0 Å². The number of fused-ring (bicyclic) bond motifs is 6. The van der Waals surface area contributed by atoms with Gasteiger partial charge in [0.15, 0.2) is 0 Å². The molecule has 8 rings (SSSR count). The molecule has 1 heterocycles. The topological polar surface area (TPSA) is 0 Å². The van der Waals surface area contributed by atoms with Crippen LogP contribution in [-0.2, 0) is 12.8 Å². The molecule has 1 aliphatic heterocycles. The first-order valence-electron chi connectivity index (χ1n) is 13.4. The van der Waals surface area contributed by atoms with Crippen LogP contribution in [-0.4, -0.2) is 27.6 Å². The molecule has 178 valence electrons. The maximum atomic E-state index is 2.55. The van der Waals surface area contributed by atoms with E-state index in [1.165, 1.54) is 61.1 Å². The summed E-state index contributed by atoms with van der Waals surface area (Å²) < 4.78 is 3.12. The number of hydrogen-bond donors (Lipinski definition) is 0. The summed E-state index contributed by atoms with van der Waals surface area (Å²) in [6, 6.07) is 43.2. The summed E-state index contributed by atoms with van der Waals surface area (Å²) in [6.07, 6.45) is 2.09. The van der Waals surface area contributed by atoms with Crippen LogP contribution in [0.5, 0.6) is 0 Å². The van der Waals surface area contributed by atoms with E-state index in [0.717, 1.165) is 12.8 Å². The Kier molecular flexibility index (Phi) is 5.32. The molecule has 2 heteroatoms. The Bertz CT molecular complexity index is 1680. The second-order valence-electron chi connectivity index (χ2n) is 10.5. The fraction of sp³-hybridized carbons (Fsp3) is 0.0556. The summed E-state index contributed by atoms with van der Waals surface area (Å²) in [5.41, 5.74) is 15.7. The predicted molar refractivity (Wildman–Crippen MR) is 163 cm³/mol. The molecule has 3 aliphatic rings. The van der Waals surface area contributed by atoms with Gasteiger partial charge < -0.3 is 0 Å². The molecule has 0 nitrogen and oxygen atoms in total. The molecule has 5 aromatic carbocycles. The van der Waals surface area contributed by atoms with Crippen LogP contribution in [0.15, 0.2) is 127 Å². The van der Waals surface area contributed by atoms with Gasteiger partial charge in [-0.2, -0.15) is 0 Å². The summed E-state index contributed by atoms with van der Waals surface area (Å²) in [7, 11) is 0. The van der Waals surface area contributed by atoms with Crippen LogP contribution in [0.1, 0.15) is 33.4 Å². The van der Waals surface area contributed by atoms with Crippen molar-refractivity contribution in [3.63, 3.8) is 0 Å². The number of rotatable bonds is 3. The van der Waals surface area contributed by atoms with Crippen LogP contribution >= 0.6 is 0 Å². The fourth-order valence-corrected chi connectivity index (χ4v) is 9.63. The monoisotopic (exact) mass is 598 g/mol. The summed E-state index contributed by atoms with van der Waals surface area (Å²) in [5.74, 6) is 5.10. The van der Waals surface area contributed by atoms with Gasteiger partial charge in [-0.15, -0.1) is 0 Å². The standard InChI is InChI=1S/C36H25BTe/c1-2-10-30(11-3-1)37-22-35(26-14-16-33-28(20-26)18-24-8-4-6-12-31(24)33)38-36(23-37)27-15-17-34-29(21-27)19-25-9-5-7-13-32(25)34/h1-17,20-23H,18-19H2. The van der Waals surface area contributed by atoms with Crippen molar-refractivity contribution in [3.05, 3.63) is 161 Å². The maximum absolute atomic E-state index is 2.55. The van der Waals surface area contributed by atoms with E-state index in [-0.39, 0.29) is 0 Å². The Hall–Kier alpha value is -3.57. The minimum absolute atomic E-state index is 0.302. The van der Waals surface area contributed by atoms with Crippen molar-refractivity contribution in [2.24, 2.45) is 0 Å². The van der Waals surface area contributed by atoms with Crippen LogP contribution < -0.4 is 5.46 Å². The van der Waals surface area contributed by atoms with Crippen LogP contribution in [0, 0.1) is 0 Å². The van der Waals surface area contributed by atoms with Crippen molar-refractivity contribution < 1.29 is 0 Å². The second kappa shape index (κ2) is 9.02. The van der Waals surface area contributed by atoms with E-state index < -0.39 is 20.9 Å². The van der Waals surface area contributed by atoms with E-state index in [9.17, 15) is 0 Å². The first-order chi connectivity index (χ1) is 18.8. The van der Waals surface area contributed by atoms with Crippen LogP contribution in [0.4, 0.5) is 0 Å². The number of benzene rings is 5. The summed E-state index contributed by atoms with van der Waals surface area (Å²) in [5, 5.41) is 0. The number of hydrogen-bond acceptors (Lipinski definition) is 0. The van der Waals surface area contributed by atoms with Gasteiger partial charge in [-0.25, -0.2) is 0 Å². The third kappa shape index (κ3) is 3.75. The van der Waals surface area contributed by atoms with Gasteiger partial charge in [0.2, 0.25) is 0 Å². The van der Waals surface area contributed by atoms with Gasteiger partial charge in [0.05, 0.1) is 0 Å². The molecule has 0 amide bonds. The van der Waals surface area contributed by atoms with Gasteiger partial charge >= 0.3 is 236 Å². The Morgan fingerprint density at radius 1 is 0.447 bits per heavy atom. The second-order valence-corrected chi connectivity index (χ2v) is 13.6.